The summed E-state index contributed by atoms with van der Waals surface area (Å²) in [4.78, 5) is 25.2. The van der Waals surface area contributed by atoms with E-state index in [2.05, 4.69) is 25.4 Å². The summed E-state index contributed by atoms with van der Waals surface area (Å²) in [5, 5.41) is 6.89. The van der Waals surface area contributed by atoms with Gasteiger partial charge in [0.25, 0.3) is 5.91 Å². The van der Waals surface area contributed by atoms with E-state index < -0.39 is 17.6 Å². The Morgan fingerprint density at radius 3 is 2.71 bits per heavy atom. The number of amides is 1. The molecule has 3 heterocycles. The van der Waals surface area contributed by atoms with E-state index in [0.717, 1.165) is 6.07 Å². The van der Waals surface area contributed by atoms with Crippen LogP contribution in [0.1, 0.15) is 21.6 Å². The summed E-state index contributed by atoms with van der Waals surface area (Å²) in [6.07, 6.45) is -1.86. The number of hydrogen-bond donors (Lipinski definition) is 1. The van der Waals surface area contributed by atoms with E-state index in [-0.39, 0.29) is 35.4 Å². The average Bonchev–Trinajstić information content (AvgIpc) is 3.24. The van der Waals surface area contributed by atoms with Gasteiger partial charge in [-0.3, -0.25) is 4.79 Å². The van der Waals surface area contributed by atoms with Gasteiger partial charge in [0.15, 0.2) is 11.3 Å². The van der Waals surface area contributed by atoms with Gasteiger partial charge in [-0.1, -0.05) is 18.2 Å². The molecule has 0 fully saturated rings. The van der Waals surface area contributed by atoms with Crippen LogP contribution in [0.4, 0.5) is 19.0 Å². The fraction of sp³-hybridized carbons (Fsp3) is 0.227. The number of imidazole rings is 1. The third-order valence-electron chi connectivity index (χ3n) is 4.79. The normalized spacial score (nSPS) is 11.6. The summed E-state index contributed by atoms with van der Waals surface area (Å²) in [5.74, 6) is -0.445. The molecule has 34 heavy (non-hydrogen) atoms. The molecular formula is C22H19F3N6O3. The highest BCUT2D eigenvalue weighted by Gasteiger charge is 2.34. The number of carbonyl (C=O) groups excluding carboxylic acids is 1. The molecule has 4 aromatic rings. The molecule has 176 valence electrons. The molecule has 12 heteroatoms. The van der Waals surface area contributed by atoms with Crippen LogP contribution in [0.15, 0.2) is 48.8 Å². The molecule has 0 atom stereocenters. The van der Waals surface area contributed by atoms with Gasteiger partial charge >= 0.3 is 12.2 Å². The number of ether oxygens (including phenoxy) is 2. The Morgan fingerprint density at radius 1 is 1.15 bits per heavy atom. The second kappa shape index (κ2) is 9.43. The van der Waals surface area contributed by atoms with Crippen LogP contribution in [0.5, 0.6) is 6.01 Å². The third kappa shape index (κ3) is 4.81. The number of anilines is 1. The number of nitrogens with one attached hydrogen (secondary N) is 1. The zero-order valence-corrected chi connectivity index (χ0v) is 18.1. The number of aromatic nitrogens is 5. The number of carbonyl (C=O) groups is 1. The lowest BCUT2D eigenvalue weighted by Gasteiger charge is -2.13. The molecular weight excluding hydrogens is 453 g/mol. The molecule has 0 saturated carbocycles. The Balaban J connectivity index is 1.67. The summed E-state index contributed by atoms with van der Waals surface area (Å²) in [6, 6.07) is 8.14. The molecule has 4 rings (SSSR count). The maximum Gasteiger partial charge on any atom is 0.417 e. The maximum absolute atomic E-state index is 13.5. The smallest absolute Gasteiger partial charge is 0.417 e. The Bertz CT molecular complexity index is 1340. The number of halogens is 3. The first-order valence-electron chi connectivity index (χ1n) is 10.1. The van der Waals surface area contributed by atoms with E-state index in [0.29, 0.717) is 17.8 Å². The van der Waals surface area contributed by atoms with E-state index in [4.69, 9.17) is 9.47 Å². The molecule has 0 saturated heterocycles. The minimum atomic E-state index is -4.56. The standard InChI is InChI=1S/C22H19F3N6O3/c1-13-11-16(14-5-3-4-6-15(14)22(23,24)25)30-31-17(12-27-19(13)31)20(32)28-18-7-8-26-21(29-18)34-10-9-33-2/h3-8,11-12H,9-10H2,1-2H3,(H,26,28,29,32). The van der Waals surface area contributed by atoms with Crippen LogP contribution in [0.2, 0.25) is 0 Å². The van der Waals surface area contributed by atoms with Crippen molar-refractivity contribution in [2.24, 2.45) is 0 Å². The predicted molar refractivity (Wildman–Crippen MR) is 116 cm³/mol. The molecule has 1 aromatic carbocycles. The quantitative estimate of drug-likeness (QED) is 0.408. The fourth-order valence-electron chi connectivity index (χ4n) is 3.24. The Labute approximate surface area is 191 Å². The number of aryl methyl sites for hydroxylation is 1. The van der Waals surface area contributed by atoms with E-state index in [1.165, 1.54) is 54.4 Å². The number of alkyl halides is 3. The summed E-state index contributed by atoms with van der Waals surface area (Å²) < 4.78 is 52.0. The highest BCUT2D eigenvalue weighted by Crippen LogP contribution is 2.36. The number of hydrogen-bond acceptors (Lipinski definition) is 7. The molecule has 0 bridgehead atoms. The van der Waals surface area contributed by atoms with Crippen molar-refractivity contribution in [3.05, 3.63) is 65.6 Å². The molecule has 1 N–H and O–H groups in total. The summed E-state index contributed by atoms with van der Waals surface area (Å²) in [5.41, 5.74) is 0.0374. The molecule has 1 amide bonds. The van der Waals surface area contributed by atoms with E-state index in [9.17, 15) is 18.0 Å². The van der Waals surface area contributed by atoms with Gasteiger partial charge in [-0.05, 0) is 30.7 Å². The van der Waals surface area contributed by atoms with Gasteiger partial charge in [0, 0.05) is 18.9 Å². The molecule has 0 aliphatic heterocycles. The maximum atomic E-state index is 13.5. The number of fused-ring (bicyclic) bond motifs is 1. The molecule has 0 aliphatic rings. The van der Waals surface area contributed by atoms with Crippen molar-refractivity contribution in [2.75, 3.05) is 25.6 Å². The van der Waals surface area contributed by atoms with Crippen LogP contribution in [0.25, 0.3) is 16.9 Å². The predicted octanol–water partition coefficient (Wildman–Crippen LogP) is 3.79. The van der Waals surface area contributed by atoms with Crippen LogP contribution >= 0.6 is 0 Å². The number of nitrogens with zero attached hydrogens (tertiary/aromatic N) is 5. The highest BCUT2D eigenvalue weighted by atomic mass is 19.4. The minimum absolute atomic E-state index is 0.0184. The van der Waals surface area contributed by atoms with Gasteiger partial charge in [0.05, 0.1) is 24.1 Å². The Hall–Kier alpha value is -4.06. The second-order valence-electron chi connectivity index (χ2n) is 7.15. The van der Waals surface area contributed by atoms with Gasteiger partial charge in [0.1, 0.15) is 12.4 Å². The summed E-state index contributed by atoms with van der Waals surface area (Å²) >= 11 is 0. The number of rotatable bonds is 7. The van der Waals surface area contributed by atoms with Crippen LogP contribution in [0, 0.1) is 6.92 Å². The second-order valence-corrected chi connectivity index (χ2v) is 7.15. The fourth-order valence-corrected chi connectivity index (χ4v) is 3.24. The highest BCUT2D eigenvalue weighted by molar-refractivity contribution is 6.03. The van der Waals surface area contributed by atoms with Crippen molar-refractivity contribution < 1.29 is 27.4 Å². The lowest BCUT2D eigenvalue weighted by atomic mass is 10.0. The van der Waals surface area contributed by atoms with Gasteiger partial charge in [-0.2, -0.15) is 23.3 Å². The van der Waals surface area contributed by atoms with Gasteiger partial charge in [-0.15, -0.1) is 0 Å². The van der Waals surface area contributed by atoms with E-state index in [1.807, 2.05) is 0 Å². The summed E-state index contributed by atoms with van der Waals surface area (Å²) in [6.45, 7) is 2.25. The van der Waals surface area contributed by atoms with Crippen molar-refractivity contribution >= 4 is 17.4 Å². The first-order chi connectivity index (χ1) is 16.3. The molecule has 0 unspecified atom stereocenters. The van der Waals surface area contributed by atoms with Crippen molar-refractivity contribution in [3.8, 4) is 17.3 Å². The summed E-state index contributed by atoms with van der Waals surface area (Å²) in [7, 11) is 1.53. The zero-order valence-electron chi connectivity index (χ0n) is 18.1. The molecule has 0 aliphatic carbocycles. The van der Waals surface area contributed by atoms with Crippen LogP contribution in [0.3, 0.4) is 0 Å². The lowest BCUT2D eigenvalue weighted by Crippen LogP contribution is -2.17. The van der Waals surface area contributed by atoms with E-state index >= 15 is 0 Å². The largest absolute Gasteiger partial charge is 0.461 e. The average molecular weight is 472 g/mol. The lowest BCUT2D eigenvalue weighted by molar-refractivity contribution is -0.137. The van der Waals surface area contributed by atoms with Gasteiger partial charge < -0.3 is 14.8 Å². The Kier molecular flexibility index (Phi) is 6.41. The van der Waals surface area contributed by atoms with Crippen molar-refractivity contribution in [2.45, 2.75) is 13.1 Å². The molecule has 9 nitrogen and oxygen atoms in total. The van der Waals surface area contributed by atoms with Crippen LogP contribution < -0.4 is 10.1 Å². The third-order valence-corrected chi connectivity index (χ3v) is 4.79. The first-order valence-corrected chi connectivity index (χ1v) is 10.1. The van der Waals surface area contributed by atoms with Crippen LogP contribution in [-0.2, 0) is 10.9 Å². The molecule has 0 radical (unpaired) electrons. The molecule has 0 spiro atoms. The first kappa shape index (κ1) is 23.1. The number of methoxy groups -OCH3 is 1. The van der Waals surface area contributed by atoms with Gasteiger partial charge in [0.2, 0.25) is 0 Å². The number of benzene rings is 1. The molecule has 3 aromatic heterocycles. The van der Waals surface area contributed by atoms with Crippen molar-refractivity contribution in [3.63, 3.8) is 0 Å². The van der Waals surface area contributed by atoms with Crippen molar-refractivity contribution in [1.29, 1.82) is 0 Å². The van der Waals surface area contributed by atoms with Crippen LogP contribution in [-0.4, -0.2) is 50.8 Å². The zero-order chi connectivity index (χ0) is 24.3. The Morgan fingerprint density at radius 2 is 1.94 bits per heavy atom. The van der Waals surface area contributed by atoms with E-state index in [1.54, 1.807) is 6.92 Å². The SMILES string of the molecule is COCCOc1nccc(NC(=O)c2cnc3c(C)cc(-c4ccccc4C(F)(F)F)nn23)n1. The van der Waals surface area contributed by atoms with Gasteiger partial charge in [-0.25, -0.2) is 14.5 Å². The monoisotopic (exact) mass is 472 g/mol. The minimum Gasteiger partial charge on any atom is -0.461 e. The van der Waals surface area contributed by atoms with Crippen molar-refractivity contribution in [1.82, 2.24) is 24.6 Å². The topological polar surface area (TPSA) is 104 Å².